The van der Waals surface area contributed by atoms with Crippen molar-refractivity contribution in [3.63, 3.8) is 0 Å². The van der Waals surface area contributed by atoms with Crippen LogP contribution in [0.5, 0.6) is 0 Å². The van der Waals surface area contributed by atoms with Gasteiger partial charge in [0.1, 0.15) is 12.7 Å². The van der Waals surface area contributed by atoms with Crippen molar-refractivity contribution < 1.29 is 38.2 Å². The van der Waals surface area contributed by atoms with Crippen molar-refractivity contribution in [2.24, 2.45) is 11.8 Å². The van der Waals surface area contributed by atoms with Crippen molar-refractivity contribution in [1.29, 1.82) is 0 Å². The van der Waals surface area contributed by atoms with Gasteiger partial charge in [0.2, 0.25) is 0 Å². The lowest BCUT2D eigenvalue weighted by atomic mass is 9.89. The number of allylic oxidation sites excluding steroid dienone is 3. The summed E-state index contributed by atoms with van der Waals surface area (Å²) in [5, 5.41) is 0. The predicted octanol–water partition coefficient (Wildman–Crippen LogP) is 1.17. The van der Waals surface area contributed by atoms with Gasteiger partial charge in [-0.1, -0.05) is 23.8 Å². The number of nitrogens with two attached hydrogens (primary N) is 1. The first kappa shape index (κ1) is 22.8. The lowest BCUT2D eigenvalue weighted by Crippen LogP contribution is -2.59. The van der Waals surface area contributed by atoms with Gasteiger partial charge in [0.25, 0.3) is 0 Å². The summed E-state index contributed by atoms with van der Waals surface area (Å²) in [5.41, 5.74) is 0.943. The van der Waals surface area contributed by atoms with Gasteiger partial charge < -0.3 is 18.9 Å². The SMILES string of the molecule is C/C=C(C)\C=C\C1C(OC(C)=O)[C@@H](OC(C)=O)C(COC(C)=O)O[C@H]1ON. The number of hydrogen-bond donors (Lipinski definition) is 1. The first-order valence-electron chi connectivity index (χ1n) is 8.49. The molecule has 0 saturated carbocycles. The highest BCUT2D eigenvalue weighted by Gasteiger charge is 2.49. The maximum absolute atomic E-state index is 11.7. The van der Waals surface area contributed by atoms with Crippen molar-refractivity contribution >= 4 is 17.9 Å². The molecule has 152 valence electrons. The zero-order valence-electron chi connectivity index (χ0n) is 16.2. The van der Waals surface area contributed by atoms with Gasteiger partial charge in [0, 0.05) is 20.8 Å². The van der Waals surface area contributed by atoms with Crippen molar-refractivity contribution in [3.8, 4) is 0 Å². The minimum absolute atomic E-state index is 0.227. The third-order valence-electron chi connectivity index (χ3n) is 3.92. The van der Waals surface area contributed by atoms with Crippen LogP contribution < -0.4 is 5.90 Å². The third kappa shape index (κ3) is 7.12. The minimum Gasteiger partial charge on any atom is -0.463 e. The fourth-order valence-electron chi connectivity index (χ4n) is 2.61. The molecule has 1 aliphatic rings. The van der Waals surface area contributed by atoms with E-state index in [0.29, 0.717) is 0 Å². The van der Waals surface area contributed by atoms with Gasteiger partial charge in [-0.2, -0.15) is 0 Å². The lowest BCUT2D eigenvalue weighted by molar-refractivity contribution is -0.285. The zero-order valence-corrected chi connectivity index (χ0v) is 16.2. The molecule has 0 spiro atoms. The Morgan fingerprint density at radius 2 is 1.59 bits per heavy atom. The second kappa shape index (κ2) is 10.8. The van der Waals surface area contributed by atoms with Crippen molar-refractivity contribution in [3.05, 3.63) is 23.8 Å². The molecule has 1 saturated heterocycles. The number of carbonyl (C=O) groups excluding carboxylic acids is 3. The van der Waals surface area contributed by atoms with Crippen LogP contribution in [-0.4, -0.2) is 49.1 Å². The summed E-state index contributed by atoms with van der Waals surface area (Å²) in [4.78, 5) is 39.3. The Morgan fingerprint density at radius 3 is 2.07 bits per heavy atom. The Labute approximate surface area is 158 Å². The summed E-state index contributed by atoms with van der Waals surface area (Å²) < 4.78 is 21.4. The maximum atomic E-state index is 11.7. The molecule has 0 aliphatic carbocycles. The molecular formula is C18H27NO8. The lowest BCUT2D eigenvalue weighted by Gasteiger charge is -2.43. The number of esters is 3. The van der Waals surface area contributed by atoms with Gasteiger partial charge in [-0.3, -0.25) is 19.2 Å². The standard InChI is InChI=1S/C18H27NO8/c1-6-10(2)7-8-14-16(24-12(4)21)17(25-13(5)22)15(9-23-11(3)20)26-18(14)27-19/h6-8,14-18H,9,19H2,1-5H3/b8-7+,10-6-/t14?,15?,16?,17-,18-/m0/s1. The van der Waals surface area contributed by atoms with Crippen LogP contribution in [0.4, 0.5) is 0 Å². The summed E-state index contributed by atoms with van der Waals surface area (Å²) in [5.74, 6) is 2.97. The molecule has 1 aliphatic heterocycles. The van der Waals surface area contributed by atoms with Crippen LogP contribution in [0.25, 0.3) is 0 Å². The van der Waals surface area contributed by atoms with Gasteiger partial charge in [0.05, 0.1) is 5.92 Å². The number of ether oxygens (including phenoxy) is 4. The second-order valence-corrected chi connectivity index (χ2v) is 6.10. The minimum atomic E-state index is -1.02. The van der Waals surface area contributed by atoms with E-state index < -0.39 is 48.4 Å². The van der Waals surface area contributed by atoms with Crippen molar-refractivity contribution in [1.82, 2.24) is 0 Å². The fraction of sp³-hybridized carbons (Fsp3) is 0.611. The quantitative estimate of drug-likeness (QED) is 0.297. The van der Waals surface area contributed by atoms with E-state index in [1.54, 1.807) is 12.2 Å². The normalized spacial score (nSPS) is 28.7. The summed E-state index contributed by atoms with van der Waals surface area (Å²) in [6.45, 7) is 7.21. The van der Waals surface area contributed by atoms with Crippen molar-refractivity contribution in [2.75, 3.05) is 6.61 Å². The van der Waals surface area contributed by atoms with Crippen molar-refractivity contribution in [2.45, 2.75) is 59.2 Å². The Morgan fingerprint density at radius 1 is 1.00 bits per heavy atom. The summed E-state index contributed by atoms with van der Waals surface area (Å²) in [6, 6.07) is 0. The Balaban J connectivity index is 3.27. The van der Waals surface area contributed by atoms with E-state index in [0.717, 1.165) is 5.57 Å². The third-order valence-corrected chi connectivity index (χ3v) is 3.92. The van der Waals surface area contributed by atoms with E-state index in [9.17, 15) is 14.4 Å². The Hall–Kier alpha value is -2.23. The molecule has 0 bridgehead atoms. The first-order valence-corrected chi connectivity index (χ1v) is 8.49. The monoisotopic (exact) mass is 385 g/mol. The average Bonchev–Trinajstić information content (AvgIpc) is 2.59. The fourth-order valence-corrected chi connectivity index (χ4v) is 2.61. The number of rotatable bonds is 7. The van der Waals surface area contributed by atoms with Crippen LogP contribution in [0.2, 0.25) is 0 Å². The van der Waals surface area contributed by atoms with Crippen LogP contribution in [-0.2, 0) is 38.2 Å². The highest BCUT2D eigenvalue weighted by molar-refractivity contribution is 5.68. The second-order valence-electron chi connectivity index (χ2n) is 6.10. The molecule has 0 radical (unpaired) electrons. The molecule has 1 fully saturated rings. The summed E-state index contributed by atoms with van der Waals surface area (Å²) >= 11 is 0. The Bertz CT molecular complexity index is 600. The predicted molar refractivity (Wildman–Crippen MR) is 93.7 cm³/mol. The van der Waals surface area contributed by atoms with Gasteiger partial charge in [-0.15, -0.1) is 0 Å². The Kier molecular flexibility index (Phi) is 9.13. The topological polar surface area (TPSA) is 123 Å². The maximum Gasteiger partial charge on any atom is 0.303 e. The van der Waals surface area contributed by atoms with E-state index in [-0.39, 0.29) is 6.61 Å². The largest absolute Gasteiger partial charge is 0.463 e. The molecule has 27 heavy (non-hydrogen) atoms. The number of carbonyl (C=O) groups is 3. The van der Waals surface area contributed by atoms with Gasteiger partial charge in [-0.25, -0.2) is 5.90 Å². The van der Waals surface area contributed by atoms with Crippen LogP contribution >= 0.6 is 0 Å². The molecule has 0 amide bonds. The van der Waals surface area contributed by atoms with Crippen LogP contribution in [0.3, 0.4) is 0 Å². The van der Waals surface area contributed by atoms with Gasteiger partial charge in [0.15, 0.2) is 18.5 Å². The molecule has 0 aromatic carbocycles. The zero-order chi connectivity index (χ0) is 20.6. The molecule has 9 heteroatoms. The molecule has 3 unspecified atom stereocenters. The summed E-state index contributed by atoms with van der Waals surface area (Å²) in [7, 11) is 0. The van der Waals surface area contributed by atoms with Crippen LogP contribution in [0.1, 0.15) is 34.6 Å². The molecule has 5 atom stereocenters. The smallest absolute Gasteiger partial charge is 0.303 e. The number of hydrogen-bond acceptors (Lipinski definition) is 9. The molecule has 1 rings (SSSR count). The van der Waals surface area contributed by atoms with Gasteiger partial charge in [-0.05, 0) is 13.8 Å². The highest BCUT2D eigenvalue weighted by Crippen LogP contribution is 2.32. The van der Waals surface area contributed by atoms with E-state index >= 15 is 0 Å². The molecule has 1 heterocycles. The van der Waals surface area contributed by atoms with E-state index in [1.165, 1.54) is 20.8 Å². The first-order chi connectivity index (χ1) is 12.7. The molecular weight excluding hydrogens is 358 g/mol. The molecule has 0 aromatic rings. The van der Waals surface area contributed by atoms with E-state index in [2.05, 4.69) is 0 Å². The average molecular weight is 385 g/mol. The van der Waals surface area contributed by atoms with Crippen LogP contribution in [0.15, 0.2) is 23.8 Å². The molecule has 0 aromatic heterocycles. The van der Waals surface area contributed by atoms with E-state index in [4.69, 9.17) is 29.7 Å². The highest BCUT2D eigenvalue weighted by atomic mass is 16.8. The van der Waals surface area contributed by atoms with Gasteiger partial charge >= 0.3 is 17.9 Å². The molecule has 9 nitrogen and oxygen atoms in total. The van der Waals surface area contributed by atoms with E-state index in [1.807, 2.05) is 19.9 Å². The summed E-state index contributed by atoms with van der Waals surface area (Å²) in [6.07, 6.45) is 1.47. The molecule has 2 N–H and O–H groups in total. The van der Waals surface area contributed by atoms with Crippen LogP contribution in [0, 0.1) is 5.92 Å².